The van der Waals surface area contributed by atoms with Gasteiger partial charge in [-0.25, -0.2) is 0 Å². The predicted octanol–water partition coefficient (Wildman–Crippen LogP) is 1.73. The molecule has 2 nitrogen and oxygen atoms in total. The molecule has 0 bridgehead atoms. The van der Waals surface area contributed by atoms with Gasteiger partial charge in [-0.1, -0.05) is 25.8 Å². The molecule has 0 aliphatic heterocycles. The van der Waals surface area contributed by atoms with Crippen molar-refractivity contribution in [3.63, 3.8) is 0 Å². The molecule has 0 saturated heterocycles. The van der Waals surface area contributed by atoms with E-state index < -0.39 is 0 Å². The highest BCUT2D eigenvalue weighted by molar-refractivity contribution is 5.87. The third-order valence-corrected chi connectivity index (χ3v) is 1.55. The number of hydrogen-bond acceptors (Lipinski definition) is 1. The van der Waals surface area contributed by atoms with Crippen molar-refractivity contribution < 1.29 is 4.79 Å². The van der Waals surface area contributed by atoms with Gasteiger partial charge in [0.05, 0.1) is 0 Å². The maximum absolute atomic E-state index is 11.2. The molecule has 0 aromatic carbocycles. The largest absolute Gasteiger partial charge is 0.352 e. The third-order valence-electron chi connectivity index (χ3n) is 1.55. The lowest BCUT2D eigenvalue weighted by Gasteiger charge is -2.03. The second-order valence-corrected chi connectivity index (χ2v) is 3.53. The highest BCUT2D eigenvalue weighted by atomic mass is 16.1. The number of hydrogen-bond donors (Lipinski definition) is 1. The lowest BCUT2D eigenvalue weighted by atomic mass is 10.2. The van der Waals surface area contributed by atoms with Gasteiger partial charge in [0.25, 0.3) is 0 Å². The van der Waals surface area contributed by atoms with E-state index in [0.717, 1.165) is 6.42 Å². The van der Waals surface area contributed by atoms with Gasteiger partial charge in [0.2, 0.25) is 5.91 Å². The zero-order valence-corrected chi connectivity index (χ0v) is 9.34. The number of nitrogens with one attached hydrogen (secondary N) is 1. The summed E-state index contributed by atoms with van der Waals surface area (Å²) < 4.78 is 0. The Bertz CT molecular complexity index is 310. The Morgan fingerprint density at radius 3 is 2.87 bits per heavy atom. The Kier molecular flexibility index (Phi) is 7.92. The zero-order valence-electron chi connectivity index (χ0n) is 9.34. The van der Waals surface area contributed by atoms with Crippen LogP contribution in [-0.4, -0.2) is 12.5 Å². The molecule has 0 aromatic heterocycles. The highest BCUT2D eigenvalue weighted by Gasteiger charge is 1.96. The number of terminal acetylenes is 1. The maximum Gasteiger partial charge on any atom is 0.243 e. The standard InChI is InChI=1S/C13H17NO/c1-4-5-6-7-8-9-10-13(15)14-11-12(2)3/h1,9-10,12H,7-8,11H2,2-3H3,(H,14,15)/b10-9+. The minimum Gasteiger partial charge on any atom is -0.352 e. The van der Waals surface area contributed by atoms with Crippen molar-refractivity contribution in [1.29, 1.82) is 0 Å². The molecule has 15 heavy (non-hydrogen) atoms. The van der Waals surface area contributed by atoms with E-state index in [-0.39, 0.29) is 5.91 Å². The first kappa shape index (κ1) is 13.3. The molecule has 0 aromatic rings. The summed E-state index contributed by atoms with van der Waals surface area (Å²) in [6.07, 6.45) is 9.75. The SMILES string of the molecule is C#CC#CCC/C=C/C(=O)NCC(C)C. The van der Waals surface area contributed by atoms with Crippen molar-refractivity contribution in [3.8, 4) is 24.2 Å². The van der Waals surface area contributed by atoms with Gasteiger partial charge < -0.3 is 5.32 Å². The second kappa shape index (κ2) is 8.91. The number of allylic oxidation sites excluding steroid dienone is 1. The van der Waals surface area contributed by atoms with Crippen molar-refractivity contribution in [2.75, 3.05) is 6.54 Å². The van der Waals surface area contributed by atoms with E-state index >= 15 is 0 Å². The van der Waals surface area contributed by atoms with Crippen LogP contribution in [0.3, 0.4) is 0 Å². The molecule has 1 amide bonds. The van der Waals surface area contributed by atoms with Crippen LogP contribution < -0.4 is 5.32 Å². The fourth-order valence-corrected chi connectivity index (χ4v) is 0.823. The van der Waals surface area contributed by atoms with Gasteiger partial charge in [0.1, 0.15) is 0 Å². The molecular weight excluding hydrogens is 186 g/mol. The number of carbonyl (C=O) groups is 1. The van der Waals surface area contributed by atoms with E-state index in [0.29, 0.717) is 18.9 Å². The van der Waals surface area contributed by atoms with Crippen LogP contribution in [0.5, 0.6) is 0 Å². The minimum atomic E-state index is -0.0476. The third kappa shape index (κ3) is 10.2. The molecular formula is C13H17NO. The summed E-state index contributed by atoms with van der Waals surface area (Å²) in [6.45, 7) is 4.82. The Morgan fingerprint density at radius 2 is 2.27 bits per heavy atom. The lowest BCUT2D eigenvalue weighted by Crippen LogP contribution is -2.25. The van der Waals surface area contributed by atoms with E-state index in [2.05, 4.69) is 36.9 Å². The van der Waals surface area contributed by atoms with E-state index in [1.54, 1.807) is 12.2 Å². The van der Waals surface area contributed by atoms with Gasteiger partial charge in [-0.2, -0.15) is 0 Å². The molecule has 80 valence electrons. The van der Waals surface area contributed by atoms with Crippen LogP contribution in [0, 0.1) is 30.1 Å². The van der Waals surface area contributed by atoms with E-state index in [1.807, 2.05) is 0 Å². The van der Waals surface area contributed by atoms with Crippen LogP contribution in [0.1, 0.15) is 26.7 Å². The first-order valence-corrected chi connectivity index (χ1v) is 5.04. The average molecular weight is 203 g/mol. The summed E-state index contributed by atoms with van der Waals surface area (Å²) in [6, 6.07) is 0. The Morgan fingerprint density at radius 1 is 1.53 bits per heavy atom. The molecule has 2 heteroatoms. The topological polar surface area (TPSA) is 29.1 Å². The highest BCUT2D eigenvalue weighted by Crippen LogP contribution is 1.90. The monoisotopic (exact) mass is 203 g/mol. The first-order valence-electron chi connectivity index (χ1n) is 5.04. The van der Waals surface area contributed by atoms with Crippen LogP contribution in [0.25, 0.3) is 0 Å². The quantitative estimate of drug-likeness (QED) is 0.411. The number of amides is 1. The molecule has 0 unspecified atom stereocenters. The Hall–Kier alpha value is -1.67. The van der Waals surface area contributed by atoms with Gasteiger partial charge in [0.15, 0.2) is 0 Å². The van der Waals surface area contributed by atoms with Gasteiger partial charge in [-0.15, -0.1) is 6.42 Å². The molecule has 0 aliphatic rings. The molecule has 0 atom stereocenters. The summed E-state index contributed by atoms with van der Waals surface area (Å²) in [4.78, 5) is 11.2. The summed E-state index contributed by atoms with van der Waals surface area (Å²) in [7, 11) is 0. The first-order chi connectivity index (χ1) is 7.16. The summed E-state index contributed by atoms with van der Waals surface area (Å²) in [5.41, 5.74) is 0. The molecule has 0 fully saturated rings. The van der Waals surface area contributed by atoms with Crippen molar-refractivity contribution >= 4 is 5.91 Å². The number of carbonyl (C=O) groups excluding carboxylic acids is 1. The molecule has 0 rings (SSSR count). The minimum absolute atomic E-state index is 0.0476. The summed E-state index contributed by atoms with van der Waals surface area (Å²) in [5.74, 6) is 7.97. The van der Waals surface area contributed by atoms with Crippen LogP contribution in [0.4, 0.5) is 0 Å². The van der Waals surface area contributed by atoms with Crippen LogP contribution in [0.15, 0.2) is 12.2 Å². The molecule has 0 saturated carbocycles. The van der Waals surface area contributed by atoms with Crippen molar-refractivity contribution in [2.45, 2.75) is 26.7 Å². The maximum atomic E-state index is 11.2. The molecule has 1 N–H and O–H groups in total. The van der Waals surface area contributed by atoms with Crippen LogP contribution >= 0.6 is 0 Å². The lowest BCUT2D eigenvalue weighted by molar-refractivity contribution is -0.116. The van der Waals surface area contributed by atoms with Gasteiger partial charge in [-0.05, 0) is 30.3 Å². The fraction of sp³-hybridized carbons (Fsp3) is 0.462. The van der Waals surface area contributed by atoms with Gasteiger partial charge in [-0.3, -0.25) is 4.79 Å². The predicted molar refractivity (Wildman–Crippen MR) is 62.8 cm³/mol. The summed E-state index contributed by atoms with van der Waals surface area (Å²) in [5, 5.41) is 2.79. The van der Waals surface area contributed by atoms with Crippen LogP contribution in [-0.2, 0) is 4.79 Å². The van der Waals surface area contributed by atoms with E-state index in [9.17, 15) is 4.79 Å². The van der Waals surface area contributed by atoms with Crippen molar-refractivity contribution in [2.24, 2.45) is 5.92 Å². The fourth-order valence-electron chi connectivity index (χ4n) is 0.823. The van der Waals surface area contributed by atoms with Crippen molar-refractivity contribution in [1.82, 2.24) is 5.32 Å². The zero-order chi connectivity index (χ0) is 11.5. The van der Waals surface area contributed by atoms with Crippen LogP contribution in [0.2, 0.25) is 0 Å². The molecule has 0 heterocycles. The normalized spacial score (nSPS) is 9.47. The summed E-state index contributed by atoms with van der Waals surface area (Å²) >= 11 is 0. The van der Waals surface area contributed by atoms with E-state index in [4.69, 9.17) is 6.42 Å². The number of unbranched alkanes of at least 4 members (excludes halogenated alkanes) is 1. The van der Waals surface area contributed by atoms with Gasteiger partial charge in [0, 0.05) is 13.0 Å². The van der Waals surface area contributed by atoms with Crippen molar-refractivity contribution in [3.05, 3.63) is 12.2 Å². The van der Waals surface area contributed by atoms with Gasteiger partial charge >= 0.3 is 0 Å². The second-order valence-electron chi connectivity index (χ2n) is 3.53. The Balaban J connectivity index is 3.60. The molecule has 0 spiro atoms. The molecule has 0 aliphatic carbocycles. The molecule has 0 radical (unpaired) electrons. The Labute approximate surface area is 92.1 Å². The average Bonchev–Trinajstić information content (AvgIpc) is 2.20. The smallest absolute Gasteiger partial charge is 0.243 e. The van der Waals surface area contributed by atoms with E-state index in [1.165, 1.54) is 0 Å². The number of rotatable bonds is 5.